The second kappa shape index (κ2) is 7.07. The summed E-state index contributed by atoms with van der Waals surface area (Å²) < 4.78 is 26.3. The lowest BCUT2D eigenvalue weighted by atomic mass is 10.1. The predicted octanol–water partition coefficient (Wildman–Crippen LogP) is 2.41. The lowest BCUT2D eigenvalue weighted by Crippen LogP contribution is -2.31. The van der Waals surface area contributed by atoms with Crippen molar-refractivity contribution in [1.82, 2.24) is 14.5 Å². The zero-order valence-electron chi connectivity index (χ0n) is 15.7. The molecule has 1 spiro atoms. The molecule has 0 amide bonds. The van der Waals surface area contributed by atoms with Crippen LogP contribution in [0.3, 0.4) is 0 Å². The van der Waals surface area contributed by atoms with Crippen molar-refractivity contribution in [2.24, 2.45) is 0 Å². The largest absolute Gasteiger partial charge is 0.347 e. The standard InChI is InChI=1S/C22H18FN3O3/c23-16-3-5-17(24-14-16)4-1-15-2-6-18-19(13-15)25-20-7-8-22(28-11-12-29-22)9-10-26(20)21(18)27/h2-3,5-6,13-14H,7-12H2. The molecule has 1 aromatic carbocycles. The summed E-state index contributed by atoms with van der Waals surface area (Å²) in [6, 6.07) is 8.19. The molecule has 2 aliphatic heterocycles. The first-order valence-electron chi connectivity index (χ1n) is 9.57. The number of aromatic nitrogens is 3. The minimum absolute atomic E-state index is 0.0558. The summed E-state index contributed by atoms with van der Waals surface area (Å²) in [5.41, 5.74) is 1.75. The average Bonchev–Trinajstić information content (AvgIpc) is 3.12. The summed E-state index contributed by atoms with van der Waals surface area (Å²) in [5.74, 6) is 5.65. The Hall–Kier alpha value is -3.08. The van der Waals surface area contributed by atoms with E-state index in [9.17, 15) is 9.18 Å². The third-order valence-electron chi connectivity index (χ3n) is 5.36. The zero-order chi connectivity index (χ0) is 19.8. The summed E-state index contributed by atoms with van der Waals surface area (Å²) >= 11 is 0. The number of ether oxygens (including phenoxy) is 2. The van der Waals surface area contributed by atoms with E-state index in [1.165, 1.54) is 12.1 Å². The summed E-state index contributed by atoms with van der Waals surface area (Å²) in [7, 11) is 0. The SMILES string of the molecule is O=c1c2ccc(C#Cc3ccc(F)cn3)cc2nc2n1CCC1(CC2)OCCO1. The van der Waals surface area contributed by atoms with E-state index in [4.69, 9.17) is 14.5 Å². The molecule has 6 nitrogen and oxygen atoms in total. The number of rotatable bonds is 0. The van der Waals surface area contributed by atoms with Gasteiger partial charge in [0.05, 0.1) is 30.3 Å². The molecular weight excluding hydrogens is 373 g/mol. The molecule has 29 heavy (non-hydrogen) atoms. The fourth-order valence-corrected chi connectivity index (χ4v) is 3.85. The van der Waals surface area contributed by atoms with Gasteiger partial charge in [-0.3, -0.25) is 9.36 Å². The molecule has 0 N–H and O–H groups in total. The Morgan fingerprint density at radius 1 is 1.10 bits per heavy atom. The lowest BCUT2D eigenvalue weighted by Gasteiger charge is -2.24. The van der Waals surface area contributed by atoms with E-state index in [1.807, 2.05) is 0 Å². The fraction of sp³-hybridized carbons (Fsp3) is 0.318. The monoisotopic (exact) mass is 391 g/mol. The number of aryl methyl sites for hydroxylation is 1. The predicted molar refractivity (Wildman–Crippen MR) is 104 cm³/mol. The van der Waals surface area contributed by atoms with Crippen molar-refractivity contribution in [3.05, 3.63) is 69.8 Å². The Labute approximate surface area is 166 Å². The van der Waals surface area contributed by atoms with E-state index in [0.717, 1.165) is 12.0 Å². The molecule has 1 saturated heterocycles. The average molecular weight is 391 g/mol. The maximum Gasteiger partial charge on any atom is 0.261 e. The number of nitrogens with zero attached hydrogens (tertiary/aromatic N) is 3. The third kappa shape index (κ3) is 3.41. The van der Waals surface area contributed by atoms with Gasteiger partial charge in [-0.25, -0.2) is 14.4 Å². The molecule has 0 unspecified atom stereocenters. The van der Waals surface area contributed by atoms with Crippen LogP contribution in [0.2, 0.25) is 0 Å². The van der Waals surface area contributed by atoms with E-state index in [1.54, 1.807) is 22.8 Å². The summed E-state index contributed by atoms with van der Waals surface area (Å²) in [5, 5.41) is 0.559. The maximum atomic E-state index is 13.0. The molecule has 0 aliphatic carbocycles. The fourth-order valence-electron chi connectivity index (χ4n) is 3.85. The second-order valence-electron chi connectivity index (χ2n) is 7.19. The van der Waals surface area contributed by atoms with Gasteiger partial charge in [-0.1, -0.05) is 5.92 Å². The maximum absolute atomic E-state index is 13.0. The number of fused-ring (bicyclic) bond motifs is 2. The van der Waals surface area contributed by atoms with Crippen LogP contribution in [0, 0.1) is 17.7 Å². The number of benzene rings is 1. The van der Waals surface area contributed by atoms with Crippen molar-refractivity contribution in [3.8, 4) is 11.8 Å². The van der Waals surface area contributed by atoms with E-state index in [-0.39, 0.29) is 5.56 Å². The normalized spacial score (nSPS) is 17.6. The van der Waals surface area contributed by atoms with Crippen molar-refractivity contribution in [1.29, 1.82) is 0 Å². The highest BCUT2D eigenvalue weighted by Crippen LogP contribution is 2.31. The zero-order valence-corrected chi connectivity index (χ0v) is 15.7. The Kier molecular flexibility index (Phi) is 4.38. The Balaban J connectivity index is 1.50. The van der Waals surface area contributed by atoms with Gasteiger partial charge >= 0.3 is 0 Å². The lowest BCUT2D eigenvalue weighted by molar-refractivity contribution is -0.165. The quantitative estimate of drug-likeness (QED) is 0.551. The molecule has 5 rings (SSSR count). The third-order valence-corrected chi connectivity index (χ3v) is 5.36. The van der Waals surface area contributed by atoms with Crippen LogP contribution in [-0.4, -0.2) is 33.5 Å². The van der Waals surface area contributed by atoms with Crippen LogP contribution < -0.4 is 5.56 Å². The molecule has 0 radical (unpaired) electrons. The first kappa shape index (κ1) is 18.0. The van der Waals surface area contributed by atoms with E-state index in [0.29, 0.717) is 61.2 Å². The minimum Gasteiger partial charge on any atom is -0.347 e. The van der Waals surface area contributed by atoms with E-state index in [2.05, 4.69) is 16.8 Å². The molecule has 0 saturated carbocycles. The van der Waals surface area contributed by atoms with Crippen molar-refractivity contribution >= 4 is 10.9 Å². The van der Waals surface area contributed by atoms with Crippen LogP contribution in [0.1, 0.15) is 29.9 Å². The first-order chi connectivity index (χ1) is 14.1. The number of hydrogen-bond donors (Lipinski definition) is 0. The van der Waals surface area contributed by atoms with Crippen LogP contribution in [0.25, 0.3) is 10.9 Å². The number of pyridine rings is 1. The molecule has 4 heterocycles. The second-order valence-corrected chi connectivity index (χ2v) is 7.19. The topological polar surface area (TPSA) is 66.2 Å². The summed E-state index contributed by atoms with van der Waals surface area (Å²) in [4.78, 5) is 21.7. The molecule has 0 bridgehead atoms. The van der Waals surface area contributed by atoms with Gasteiger partial charge in [0.1, 0.15) is 17.3 Å². The van der Waals surface area contributed by atoms with Crippen molar-refractivity contribution < 1.29 is 13.9 Å². The Morgan fingerprint density at radius 2 is 1.97 bits per heavy atom. The Morgan fingerprint density at radius 3 is 2.76 bits per heavy atom. The molecule has 3 aromatic rings. The minimum atomic E-state index is -0.592. The highest BCUT2D eigenvalue weighted by atomic mass is 19.1. The van der Waals surface area contributed by atoms with Gasteiger partial charge in [0.15, 0.2) is 5.79 Å². The molecule has 2 aromatic heterocycles. The van der Waals surface area contributed by atoms with Gasteiger partial charge in [0.25, 0.3) is 5.56 Å². The molecule has 1 fully saturated rings. The molecule has 2 aliphatic rings. The van der Waals surface area contributed by atoms with Crippen LogP contribution in [0.15, 0.2) is 41.3 Å². The molecule has 0 atom stereocenters. The van der Waals surface area contributed by atoms with Crippen molar-refractivity contribution in [2.75, 3.05) is 13.2 Å². The van der Waals surface area contributed by atoms with Gasteiger partial charge in [-0.2, -0.15) is 0 Å². The van der Waals surface area contributed by atoms with Crippen molar-refractivity contribution in [2.45, 2.75) is 31.6 Å². The van der Waals surface area contributed by atoms with Crippen LogP contribution >= 0.6 is 0 Å². The molecule has 7 heteroatoms. The van der Waals surface area contributed by atoms with Gasteiger partial charge in [-0.05, 0) is 36.3 Å². The number of halogens is 1. The van der Waals surface area contributed by atoms with E-state index >= 15 is 0 Å². The van der Waals surface area contributed by atoms with Gasteiger partial charge < -0.3 is 9.47 Å². The van der Waals surface area contributed by atoms with Gasteiger partial charge in [-0.15, -0.1) is 0 Å². The Bertz CT molecular complexity index is 1200. The van der Waals surface area contributed by atoms with Gasteiger partial charge in [0.2, 0.25) is 0 Å². The van der Waals surface area contributed by atoms with E-state index < -0.39 is 11.6 Å². The highest BCUT2D eigenvalue weighted by Gasteiger charge is 2.38. The number of hydrogen-bond acceptors (Lipinski definition) is 5. The van der Waals surface area contributed by atoms with Crippen LogP contribution in [-0.2, 0) is 22.4 Å². The van der Waals surface area contributed by atoms with Crippen LogP contribution in [0.4, 0.5) is 4.39 Å². The van der Waals surface area contributed by atoms with Gasteiger partial charge in [0, 0.05) is 31.4 Å². The highest BCUT2D eigenvalue weighted by molar-refractivity contribution is 5.79. The van der Waals surface area contributed by atoms with Crippen molar-refractivity contribution in [3.63, 3.8) is 0 Å². The van der Waals surface area contributed by atoms with Crippen LogP contribution in [0.5, 0.6) is 0 Å². The molecule has 146 valence electrons. The first-order valence-corrected chi connectivity index (χ1v) is 9.57. The molecular formula is C22H18FN3O3. The summed E-state index contributed by atoms with van der Waals surface area (Å²) in [6.07, 6.45) is 3.06. The smallest absolute Gasteiger partial charge is 0.261 e. The summed E-state index contributed by atoms with van der Waals surface area (Å²) in [6.45, 7) is 1.70.